The smallest absolute Gasteiger partial charge is 0.275 e. The van der Waals surface area contributed by atoms with Crippen LogP contribution < -0.4 is 14.8 Å². The molecular formula is C19H24N4O3. The second kappa shape index (κ2) is 6.99. The predicted octanol–water partition coefficient (Wildman–Crippen LogP) is 2.05. The van der Waals surface area contributed by atoms with Crippen LogP contribution in [0.25, 0.3) is 0 Å². The quantitative estimate of drug-likeness (QED) is 0.876. The zero-order valence-electron chi connectivity index (χ0n) is 15.2. The van der Waals surface area contributed by atoms with E-state index in [1.165, 1.54) is 0 Å². The predicted molar refractivity (Wildman–Crippen MR) is 96.6 cm³/mol. The SMILES string of the molecule is COc1ccc(C2CCCN2C(=O)c2n[nH]c3c2CNCC3)cc1OC. The maximum absolute atomic E-state index is 13.2. The van der Waals surface area contributed by atoms with Gasteiger partial charge in [0.2, 0.25) is 0 Å². The van der Waals surface area contributed by atoms with E-state index in [1.54, 1.807) is 14.2 Å². The maximum atomic E-state index is 13.2. The number of methoxy groups -OCH3 is 2. The van der Waals surface area contributed by atoms with E-state index < -0.39 is 0 Å². The molecule has 7 nitrogen and oxygen atoms in total. The molecule has 1 amide bonds. The summed E-state index contributed by atoms with van der Waals surface area (Å²) in [7, 11) is 3.25. The molecule has 2 aromatic rings. The summed E-state index contributed by atoms with van der Waals surface area (Å²) in [6.45, 7) is 2.36. The normalized spacial score (nSPS) is 19.3. The minimum absolute atomic E-state index is 0.00323. The fraction of sp³-hybridized carbons (Fsp3) is 0.474. The molecule has 1 aromatic heterocycles. The standard InChI is InChI=1S/C19H24N4O3/c1-25-16-6-5-12(10-17(16)26-2)15-4-3-9-23(15)19(24)18-13-11-20-8-7-14(13)21-22-18/h5-6,10,15,20H,3-4,7-9,11H2,1-2H3,(H,21,22). The van der Waals surface area contributed by atoms with Crippen LogP contribution in [0, 0.1) is 0 Å². The van der Waals surface area contributed by atoms with E-state index in [0.717, 1.165) is 49.2 Å². The van der Waals surface area contributed by atoms with Crippen LogP contribution in [0.4, 0.5) is 0 Å². The first-order valence-electron chi connectivity index (χ1n) is 9.02. The Balaban J connectivity index is 1.62. The van der Waals surface area contributed by atoms with Gasteiger partial charge in [-0.15, -0.1) is 0 Å². The molecule has 4 rings (SSSR count). The summed E-state index contributed by atoms with van der Waals surface area (Å²) in [4.78, 5) is 15.1. The third-order valence-corrected chi connectivity index (χ3v) is 5.31. The Kier molecular flexibility index (Phi) is 4.55. The van der Waals surface area contributed by atoms with Crippen molar-refractivity contribution in [3.8, 4) is 11.5 Å². The zero-order chi connectivity index (χ0) is 18.1. The summed E-state index contributed by atoms with van der Waals surface area (Å²) in [6, 6.07) is 5.91. The van der Waals surface area contributed by atoms with Crippen molar-refractivity contribution in [2.75, 3.05) is 27.3 Å². The number of nitrogens with zero attached hydrogens (tertiary/aromatic N) is 2. The maximum Gasteiger partial charge on any atom is 0.275 e. The van der Waals surface area contributed by atoms with Crippen molar-refractivity contribution >= 4 is 5.91 Å². The second-order valence-electron chi connectivity index (χ2n) is 6.73. The van der Waals surface area contributed by atoms with Crippen molar-refractivity contribution in [3.05, 3.63) is 40.7 Å². The lowest BCUT2D eigenvalue weighted by Crippen LogP contribution is -2.33. The number of nitrogens with one attached hydrogen (secondary N) is 2. The molecule has 138 valence electrons. The van der Waals surface area contributed by atoms with E-state index in [-0.39, 0.29) is 11.9 Å². The van der Waals surface area contributed by atoms with E-state index in [4.69, 9.17) is 9.47 Å². The number of ether oxygens (including phenoxy) is 2. The molecule has 3 heterocycles. The van der Waals surface area contributed by atoms with Gasteiger partial charge < -0.3 is 19.7 Å². The number of benzene rings is 1. The number of amides is 1. The highest BCUT2D eigenvalue weighted by Gasteiger charge is 2.34. The van der Waals surface area contributed by atoms with Crippen LogP contribution >= 0.6 is 0 Å². The van der Waals surface area contributed by atoms with Crippen molar-refractivity contribution in [2.24, 2.45) is 0 Å². The van der Waals surface area contributed by atoms with Gasteiger partial charge in [0.1, 0.15) is 0 Å². The topological polar surface area (TPSA) is 79.5 Å². The molecule has 1 unspecified atom stereocenters. The molecule has 0 aliphatic carbocycles. The first-order valence-corrected chi connectivity index (χ1v) is 9.02. The van der Waals surface area contributed by atoms with E-state index in [1.807, 2.05) is 23.1 Å². The highest BCUT2D eigenvalue weighted by Crippen LogP contribution is 2.37. The van der Waals surface area contributed by atoms with Crippen LogP contribution in [0.5, 0.6) is 11.5 Å². The zero-order valence-corrected chi connectivity index (χ0v) is 15.2. The van der Waals surface area contributed by atoms with Gasteiger partial charge in [-0.3, -0.25) is 9.89 Å². The molecule has 2 aliphatic rings. The lowest BCUT2D eigenvalue weighted by molar-refractivity contribution is 0.0728. The summed E-state index contributed by atoms with van der Waals surface area (Å²) in [5, 5.41) is 10.7. The molecule has 26 heavy (non-hydrogen) atoms. The Morgan fingerprint density at radius 3 is 2.92 bits per heavy atom. The number of rotatable bonds is 4. The fourth-order valence-corrected chi connectivity index (χ4v) is 3.95. The van der Waals surface area contributed by atoms with Gasteiger partial charge in [-0.05, 0) is 30.5 Å². The summed E-state index contributed by atoms with van der Waals surface area (Å²) >= 11 is 0. The van der Waals surface area contributed by atoms with Gasteiger partial charge >= 0.3 is 0 Å². The highest BCUT2D eigenvalue weighted by atomic mass is 16.5. The molecule has 1 aromatic carbocycles. The second-order valence-corrected chi connectivity index (χ2v) is 6.73. The first-order chi connectivity index (χ1) is 12.7. The Bertz CT molecular complexity index is 817. The van der Waals surface area contributed by atoms with Crippen LogP contribution in [-0.4, -0.2) is 48.3 Å². The number of carbonyl (C=O) groups excluding carboxylic acids is 1. The Morgan fingerprint density at radius 1 is 1.27 bits per heavy atom. The Morgan fingerprint density at radius 2 is 2.12 bits per heavy atom. The van der Waals surface area contributed by atoms with Crippen molar-refractivity contribution in [1.29, 1.82) is 0 Å². The number of carbonyl (C=O) groups is 1. The molecule has 1 atom stereocenters. The number of hydrogen-bond acceptors (Lipinski definition) is 5. The van der Waals surface area contributed by atoms with E-state index in [2.05, 4.69) is 15.5 Å². The first kappa shape index (κ1) is 16.9. The Hall–Kier alpha value is -2.54. The largest absolute Gasteiger partial charge is 0.493 e. The Labute approximate surface area is 152 Å². The summed E-state index contributed by atoms with van der Waals surface area (Å²) in [6.07, 6.45) is 2.80. The molecule has 1 saturated heterocycles. The van der Waals surface area contributed by atoms with E-state index >= 15 is 0 Å². The number of H-pyrrole nitrogens is 1. The number of fused-ring (bicyclic) bond motifs is 1. The van der Waals surface area contributed by atoms with Crippen molar-refractivity contribution in [2.45, 2.75) is 31.8 Å². The van der Waals surface area contributed by atoms with Crippen LogP contribution in [-0.2, 0) is 13.0 Å². The van der Waals surface area contributed by atoms with Crippen LogP contribution in [0.3, 0.4) is 0 Å². The molecular weight excluding hydrogens is 332 g/mol. The van der Waals surface area contributed by atoms with Crippen LogP contribution in [0.15, 0.2) is 18.2 Å². The lowest BCUT2D eigenvalue weighted by atomic mass is 10.0. The summed E-state index contributed by atoms with van der Waals surface area (Å²) < 4.78 is 10.7. The molecule has 0 radical (unpaired) electrons. The van der Waals surface area contributed by atoms with Gasteiger partial charge in [0.05, 0.1) is 20.3 Å². The average molecular weight is 356 g/mol. The summed E-state index contributed by atoms with van der Waals surface area (Å²) in [5.41, 5.74) is 3.71. The molecule has 2 aliphatic heterocycles. The highest BCUT2D eigenvalue weighted by molar-refractivity contribution is 5.94. The molecule has 7 heteroatoms. The number of hydrogen-bond donors (Lipinski definition) is 2. The number of aromatic amines is 1. The van der Waals surface area contributed by atoms with Gasteiger partial charge in [0.15, 0.2) is 17.2 Å². The van der Waals surface area contributed by atoms with Crippen LogP contribution in [0.1, 0.15) is 46.2 Å². The molecule has 0 spiro atoms. The molecule has 0 bridgehead atoms. The van der Waals surface area contributed by atoms with Gasteiger partial charge in [-0.25, -0.2) is 0 Å². The average Bonchev–Trinajstić information content (AvgIpc) is 3.34. The molecule has 1 fully saturated rings. The third-order valence-electron chi connectivity index (χ3n) is 5.31. The minimum Gasteiger partial charge on any atom is -0.493 e. The number of likely N-dealkylation sites (tertiary alicyclic amines) is 1. The van der Waals surface area contributed by atoms with Crippen molar-refractivity contribution < 1.29 is 14.3 Å². The van der Waals surface area contributed by atoms with Crippen LogP contribution in [0.2, 0.25) is 0 Å². The van der Waals surface area contributed by atoms with E-state index in [9.17, 15) is 4.79 Å². The lowest BCUT2D eigenvalue weighted by Gasteiger charge is -2.25. The molecule has 2 N–H and O–H groups in total. The van der Waals surface area contributed by atoms with Gasteiger partial charge in [0, 0.05) is 37.3 Å². The van der Waals surface area contributed by atoms with Crippen molar-refractivity contribution in [3.63, 3.8) is 0 Å². The monoisotopic (exact) mass is 356 g/mol. The molecule has 0 saturated carbocycles. The minimum atomic E-state index is 0.00323. The van der Waals surface area contributed by atoms with Gasteiger partial charge in [-0.2, -0.15) is 5.10 Å². The van der Waals surface area contributed by atoms with Crippen molar-refractivity contribution in [1.82, 2.24) is 20.4 Å². The van der Waals surface area contributed by atoms with Gasteiger partial charge in [0.25, 0.3) is 5.91 Å². The van der Waals surface area contributed by atoms with Gasteiger partial charge in [-0.1, -0.05) is 6.07 Å². The number of aromatic nitrogens is 2. The van der Waals surface area contributed by atoms with E-state index in [0.29, 0.717) is 23.7 Å². The fourth-order valence-electron chi connectivity index (χ4n) is 3.95. The summed E-state index contributed by atoms with van der Waals surface area (Å²) in [5.74, 6) is 1.38. The third kappa shape index (κ3) is 2.82.